The molecule has 1 fully saturated rings. The van der Waals surface area contributed by atoms with E-state index in [-0.39, 0.29) is 11.9 Å². The summed E-state index contributed by atoms with van der Waals surface area (Å²) in [5.74, 6) is 0.459. The van der Waals surface area contributed by atoms with E-state index < -0.39 is 0 Å². The molecule has 70 valence electrons. The van der Waals surface area contributed by atoms with E-state index in [2.05, 4.69) is 0 Å². The average Bonchev–Trinajstić information content (AvgIpc) is 3.02. The summed E-state index contributed by atoms with van der Waals surface area (Å²) < 4.78 is 5.09. The van der Waals surface area contributed by atoms with Crippen LogP contribution in [0.1, 0.15) is 18.4 Å². The molecular weight excluding hydrogens is 178 g/mol. The third-order valence-corrected chi connectivity index (χ3v) is 2.11. The molecule has 0 bridgehead atoms. The van der Waals surface area contributed by atoms with Crippen molar-refractivity contribution in [3.05, 3.63) is 29.8 Å². The lowest BCUT2D eigenvalue weighted by atomic mass is 10.2. The number of nitriles is 1. The van der Waals surface area contributed by atoms with Gasteiger partial charge in [0, 0.05) is 0 Å². The topological polar surface area (TPSA) is 50.1 Å². The summed E-state index contributed by atoms with van der Waals surface area (Å²) in [5.41, 5.74) is 0.566. The largest absolute Gasteiger partial charge is 0.426 e. The second-order valence-electron chi connectivity index (χ2n) is 3.33. The van der Waals surface area contributed by atoms with E-state index in [0.717, 1.165) is 12.8 Å². The van der Waals surface area contributed by atoms with Gasteiger partial charge in [-0.1, -0.05) is 0 Å². The predicted octanol–water partition coefficient (Wildman–Crippen LogP) is 1.87. The number of esters is 1. The van der Waals surface area contributed by atoms with Crippen LogP contribution in [0.25, 0.3) is 0 Å². The van der Waals surface area contributed by atoms with Crippen LogP contribution in [0.2, 0.25) is 0 Å². The highest BCUT2D eigenvalue weighted by Gasteiger charge is 2.31. The molecule has 0 N–H and O–H groups in total. The SMILES string of the molecule is N#Cc1ccc(OC(=O)C2CC2)cc1. The Kier molecular flexibility index (Phi) is 2.19. The van der Waals surface area contributed by atoms with Crippen molar-refractivity contribution < 1.29 is 9.53 Å². The van der Waals surface area contributed by atoms with Crippen molar-refractivity contribution >= 4 is 5.97 Å². The molecule has 0 unspecified atom stereocenters. The number of hydrogen-bond donors (Lipinski definition) is 0. The van der Waals surface area contributed by atoms with Gasteiger partial charge in [-0.25, -0.2) is 0 Å². The van der Waals surface area contributed by atoms with Gasteiger partial charge in [0.2, 0.25) is 0 Å². The Bertz CT molecular complexity index is 385. The van der Waals surface area contributed by atoms with Gasteiger partial charge in [0.15, 0.2) is 0 Å². The molecule has 0 heterocycles. The normalized spacial score (nSPS) is 14.5. The van der Waals surface area contributed by atoms with Crippen molar-refractivity contribution in [2.75, 3.05) is 0 Å². The van der Waals surface area contributed by atoms with Crippen molar-refractivity contribution in [3.63, 3.8) is 0 Å². The summed E-state index contributed by atoms with van der Waals surface area (Å²) in [5, 5.41) is 8.55. The zero-order chi connectivity index (χ0) is 9.97. The van der Waals surface area contributed by atoms with Gasteiger partial charge in [-0.3, -0.25) is 4.79 Å². The van der Waals surface area contributed by atoms with Gasteiger partial charge in [-0.05, 0) is 37.1 Å². The molecule has 0 amide bonds. The van der Waals surface area contributed by atoms with E-state index in [1.165, 1.54) is 0 Å². The molecule has 1 saturated carbocycles. The van der Waals surface area contributed by atoms with Gasteiger partial charge in [0.1, 0.15) is 5.75 Å². The van der Waals surface area contributed by atoms with Crippen LogP contribution in [0.3, 0.4) is 0 Å². The Labute approximate surface area is 81.9 Å². The first-order valence-corrected chi connectivity index (χ1v) is 4.51. The quantitative estimate of drug-likeness (QED) is 0.524. The minimum atomic E-state index is -0.158. The first-order valence-electron chi connectivity index (χ1n) is 4.51. The highest BCUT2D eigenvalue weighted by atomic mass is 16.5. The van der Waals surface area contributed by atoms with Gasteiger partial charge in [0.05, 0.1) is 17.6 Å². The van der Waals surface area contributed by atoms with Crippen LogP contribution in [-0.4, -0.2) is 5.97 Å². The van der Waals surface area contributed by atoms with Crippen molar-refractivity contribution in [1.82, 2.24) is 0 Å². The Morgan fingerprint density at radius 1 is 1.36 bits per heavy atom. The zero-order valence-corrected chi connectivity index (χ0v) is 7.56. The second-order valence-corrected chi connectivity index (χ2v) is 3.33. The standard InChI is InChI=1S/C11H9NO2/c12-7-8-1-5-10(6-2-8)14-11(13)9-3-4-9/h1-2,5-6,9H,3-4H2. The lowest BCUT2D eigenvalue weighted by Gasteiger charge is -2.01. The minimum absolute atomic E-state index is 0.102. The van der Waals surface area contributed by atoms with Gasteiger partial charge in [0.25, 0.3) is 0 Å². The van der Waals surface area contributed by atoms with E-state index in [4.69, 9.17) is 10.00 Å². The highest BCUT2D eigenvalue weighted by molar-refractivity contribution is 5.77. The molecule has 0 spiro atoms. The number of hydrogen-bond acceptors (Lipinski definition) is 3. The summed E-state index contributed by atoms with van der Waals surface area (Å²) in [6, 6.07) is 8.55. The zero-order valence-electron chi connectivity index (χ0n) is 7.56. The molecule has 1 aromatic carbocycles. The fourth-order valence-electron chi connectivity index (χ4n) is 1.12. The molecule has 1 aliphatic carbocycles. The maximum Gasteiger partial charge on any atom is 0.314 e. The monoisotopic (exact) mass is 187 g/mol. The molecule has 0 aliphatic heterocycles. The smallest absolute Gasteiger partial charge is 0.314 e. The third kappa shape index (κ3) is 1.91. The van der Waals surface area contributed by atoms with Crippen molar-refractivity contribution in [2.24, 2.45) is 5.92 Å². The van der Waals surface area contributed by atoms with E-state index in [1.54, 1.807) is 24.3 Å². The Balaban J connectivity index is 2.02. The molecule has 14 heavy (non-hydrogen) atoms. The number of carbonyl (C=O) groups is 1. The molecule has 0 saturated heterocycles. The highest BCUT2D eigenvalue weighted by Crippen LogP contribution is 2.30. The molecular formula is C11H9NO2. The van der Waals surface area contributed by atoms with Gasteiger partial charge in [-0.15, -0.1) is 0 Å². The van der Waals surface area contributed by atoms with E-state index in [1.807, 2.05) is 6.07 Å². The maximum atomic E-state index is 11.2. The van der Waals surface area contributed by atoms with Crippen LogP contribution >= 0.6 is 0 Å². The van der Waals surface area contributed by atoms with Gasteiger partial charge >= 0.3 is 5.97 Å². The van der Waals surface area contributed by atoms with Crippen LogP contribution < -0.4 is 4.74 Å². The first kappa shape index (κ1) is 8.76. The Hall–Kier alpha value is -1.82. The van der Waals surface area contributed by atoms with Gasteiger partial charge in [-0.2, -0.15) is 5.26 Å². The number of ether oxygens (including phenoxy) is 1. The number of carbonyl (C=O) groups excluding carboxylic acids is 1. The second kappa shape index (κ2) is 3.51. The fourth-order valence-corrected chi connectivity index (χ4v) is 1.12. The van der Waals surface area contributed by atoms with Crippen LogP contribution in [0.15, 0.2) is 24.3 Å². The lowest BCUT2D eigenvalue weighted by molar-refractivity contribution is -0.135. The molecule has 0 aromatic heterocycles. The molecule has 0 atom stereocenters. The van der Waals surface area contributed by atoms with E-state index in [9.17, 15) is 4.79 Å². The molecule has 2 rings (SSSR count). The third-order valence-electron chi connectivity index (χ3n) is 2.11. The van der Waals surface area contributed by atoms with Gasteiger partial charge < -0.3 is 4.74 Å². The first-order chi connectivity index (χ1) is 6.79. The summed E-state index contributed by atoms with van der Waals surface area (Å²) in [7, 11) is 0. The number of nitrogens with zero attached hydrogens (tertiary/aromatic N) is 1. The van der Waals surface area contributed by atoms with Crippen molar-refractivity contribution in [2.45, 2.75) is 12.8 Å². The molecule has 3 heteroatoms. The summed E-state index contributed by atoms with van der Waals surface area (Å²) >= 11 is 0. The molecule has 0 radical (unpaired) electrons. The van der Waals surface area contributed by atoms with Crippen LogP contribution in [0.5, 0.6) is 5.75 Å². The molecule has 1 aromatic rings. The lowest BCUT2D eigenvalue weighted by Crippen LogP contribution is -2.09. The van der Waals surface area contributed by atoms with Crippen LogP contribution in [0, 0.1) is 17.2 Å². The summed E-state index contributed by atoms with van der Waals surface area (Å²) in [6.45, 7) is 0. The Morgan fingerprint density at radius 3 is 2.50 bits per heavy atom. The predicted molar refractivity (Wildman–Crippen MR) is 49.5 cm³/mol. The van der Waals surface area contributed by atoms with Crippen LogP contribution in [-0.2, 0) is 4.79 Å². The average molecular weight is 187 g/mol. The van der Waals surface area contributed by atoms with Crippen LogP contribution in [0.4, 0.5) is 0 Å². The van der Waals surface area contributed by atoms with Crippen molar-refractivity contribution in [1.29, 1.82) is 5.26 Å². The number of benzene rings is 1. The number of rotatable bonds is 2. The van der Waals surface area contributed by atoms with E-state index in [0.29, 0.717) is 11.3 Å². The fraction of sp³-hybridized carbons (Fsp3) is 0.273. The van der Waals surface area contributed by atoms with Crippen molar-refractivity contribution in [3.8, 4) is 11.8 Å². The Morgan fingerprint density at radius 2 is 2.00 bits per heavy atom. The molecule has 1 aliphatic rings. The molecule has 3 nitrogen and oxygen atoms in total. The maximum absolute atomic E-state index is 11.2. The minimum Gasteiger partial charge on any atom is -0.426 e. The van der Waals surface area contributed by atoms with E-state index >= 15 is 0 Å². The summed E-state index contributed by atoms with van der Waals surface area (Å²) in [6.07, 6.45) is 1.88. The summed E-state index contributed by atoms with van der Waals surface area (Å²) in [4.78, 5) is 11.2.